The standard InChI is InChI=1S/C66H24B6O12/c1-2-26-6-30-10-34(72-83-57-23-45-41-19-53-49(75-69-79-53)15-37(41)38-16-50-54(80-70-76-50)20-42(38)46(45)24-58(57)84-72)12-32-8-28-4-3-27-7-31-11-33(9-29-5-25(1)61-62(26)66(60(30)32)64(28)63(27)65(61)59(29)31)71-81-55-21-43-39-17-51-47(73-67-77-51)13-35(39)36-14-48-52(78-68-74-48)18-40(36)44(43)22-56(55)82-71/h1-24H. The molecule has 23 rings (SSSR count). The van der Waals surface area contributed by atoms with Crippen LogP contribution in [0.3, 0.4) is 0 Å². The molecular weight excluding hydrogens is 1050 g/mol. The van der Waals surface area contributed by atoms with Crippen LogP contribution in [-0.2, 0) is 0 Å². The van der Waals surface area contributed by atoms with Crippen LogP contribution < -0.4 is 66.8 Å². The summed E-state index contributed by atoms with van der Waals surface area (Å²) in [5.74, 6) is 7.88. The maximum Gasteiger partial charge on any atom is 0.658 e. The van der Waals surface area contributed by atoms with Gasteiger partial charge in [-0.1, -0.05) is 48.5 Å². The molecule has 0 unspecified atom stereocenters. The molecular formula is C66H24B6O12. The molecule has 0 aromatic heterocycles. The van der Waals surface area contributed by atoms with E-state index in [1.807, 2.05) is 48.5 Å². The number of fused-ring (bicyclic) bond motifs is 18. The monoisotopic (exact) mass is 1070 g/mol. The van der Waals surface area contributed by atoms with E-state index in [1.165, 1.54) is 95.4 Å². The van der Waals surface area contributed by atoms with Crippen LogP contribution in [0, 0.1) is 0 Å². The lowest BCUT2D eigenvalue weighted by atomic mass is 9.74. The van der Waals surface area contributed by atoms with Crippen molar-refractivity contribution in [1.82, 2.24) is 0 Å². The third-order valence-corrected chi connectivity index (χ3v) is 18.9. The third-order valence-electron chi connectivity index (χ3n) is 18.9. The second-order valence-electron chi connectivity index (χ2n) is 23.0. The molecule has 0 bridgehead atoms. The molecule has 0 atom stereocenters. The second kappa shape index (κ2) is 14.2. The zero-order chi connectivity index (χ0) is 53.7. The normalized spacial score (nSPS) is 15.2. The molecule has 12 nitrogen and oxygen atoms in total. The number of hydrogen-bond acceptors (Lipinski definition) is 12. The van der Waals surface area contributed by atoms with Crippen LogP contribution in [0.5, 0.6) is 69.0 Å². The molecule has 0 amide bonds. The number of rotatable bonds is 2. The molecule has 0 saturated heterocycles. The molecule has 378 valence electrons. The zero-order valence-electron chi connectivity index (χ0n) is 43.2. The third kappa shape index (κ3) is 5.10. The highest BCUT2D eigenvalue weighted by atomic mass is 16.6. The van der Waals surface area contributed by atoms with Crippen LogP contribution in [0.15, 0.2) is 146 Å². The first-order valence-electron chi connectivity index (χ1n) is 27.7. The first-order chi connectivity index (χ1) is 41.5. The van der Waals surface area contributed by atoms with Gasteiger partial charge >= 0.3 is 45.0 Å². The molecule has 0 fully saturated rings. The summed E-state index contributed by atoms with van der Waals surface area (Å²) < 4.78 is 73.4. The summed E-state index contributed by atoms with van der Waals surface area (Å²) in [4.78, 5) is 0. The Hall–Kier alpha value is -10.6. The number of benzene rings is 17. The summed E-state index contributed by atoms with van der Waals surface area (Å²) in [5.41, 5.74) is 1.86. The largest absolute Gasteiger partial charge is 0.658 e. The lowest BCUT2D eigenvalue weighted by Gasteiger charge is -2.24. The van der Waals surface area contributed by atoms with Crippen molar-refractivity contribution in [2.24, 2.45) is 0 Å². The Morgan fingerprint density at radius 1 is 0.190 bits per heavy atom. The minimum atomic E-state index is -0.689. The van der Waals surface area contributed by atoms with Crippen molar-refractivity contribution >= 4 is 207 Å². The van der Waals surface area contributed by atoms with Crippen molar-refractivity contribution in [2.45, 2.75) is 0 Å². The van der Waals surface area contributed by atoms with Crippen molar-refractivity contribution in [1.29, 1.82) is 0 Å². The summed E-state index contributed by atoms with van der Waals surface area (Å²) in [6.07, 6.45) is 0. The maximum absolute atomic E-state index is 6.85. The molecule has 0 N–H and O–H groups in total. The fourth-order valence-electron chi connectivity index (χ4n) is 15.4. The van der Waals surface area contributed by atoms with Gasteiger partial charge < -0.3 is 55.9 Å². The van der Waals surface area contributed by atoms with Crippen molar-refractivity contribution in [3.8, 4) is 69.0 Å². The van der Waals surface area contributed by atoms with Gasteiger partial charge in [0.15, 0.2) is 0 Å². The highest BCUT2D eigenvalue weighted by Gasteiger charge is 2.39. The minimum Gasteiger partial charge on any atom is -0.524 e. The van der Waals surface area contributed by atoms with E-state index >= 15 is 0 Å². The molecule has 0 saturated carbocycles. The van der Waals surface area contributed by atoms with Crippen molar-refractivity contribution in [2.75, 3.05) is 0 Å². The first-order valence-corrected chi connectivity index (χ1v) is 27.7. The van der Waals surface area contributed by atoms with Crippen LogP contribution in [0.1, 0.15) is 0 Å². The zero-order valence-corrected chi connectivity index (χ0v) is 43.2. The van der Waals surface area contributed by atoms with Gasteiger partial charge in [0.25, 0.3) is 0 Å². The van der Waals surface area contributed by atoms with Crippen LogP contribution in [-0.4, -0.2) is 45.0 Å². The summed E-state index contributed by atoms with van der Waals surface area (Å²) in [7, 11) is 4.06. The first kappa shape index (κ1) is 42.3. The molecule has 17 aromatic rings. The Bertz CT molecular complexity index is 5340. The van der Waals surface area contributed by atoms with Crippen LogP contribution >= 0.6 is 0 Å². The molecule has 0 aliphatic carbocycles. The molecule has 0 spiro atoms. The Balaban J connectivity index is 0.661. The van der Waals surface area contributed by atoms with Crippen LogP contribution in [0.4, 0.5) is 0 Å². The summed E-state index contributed by atoms with van der Waals surface area (Å²) >= 11 is 0. The summed E-state index contributed by atoms with van der Waals surface area (Å²) in [6, 6.07) is 52.1. The second-order valence-corrected chi connectivity index (χ2v) is 23.0. The number of hydrogen-bond donors (Lipinski definition) is 0. The van der Waals surface area contributed by atoms with E-state index in [-0.39, 0.29) is 0 Å². The van der Waals surface area contributed by atoms with Gasteiger partial charge in [-0.2, -0.15) is 0 Å². The van der Waals surface area contributed by atoms with Crippen LogP contribution in [0.2, 0.25) is 0 Å². The van der Waals surface area contributed by atoms with Gasteiger partial charge in [0.1, 0.15) is 69.0 Å². The van der Waals surface area contributed by atoms with E-state index < -0.39 is 14.2 Å². The highest BCUT2D eigenvalue weighted by molar-refractivity contribution is 6.66. The van der Waals surface area contributed by atoms with Gasteiger partial charge in [-0.05, 0) is 248 Å². The SMILES string of the molecule is [B]1Oc2cc3c4cc5c(cc4c4cc6c(cc4c3cc2O1)OB(c1cc2cc3ccc4cc7cc(B8Oc9cc%10c%11cc%12c(cc%11c%11cc%13c(cc%11c%10cc9O8)O[B]O%13)O[B]O%12)cc8cc9ccc%10cc(c1)c2c1c3c4c(c78)c9c%101)O6)O[B]O5. The lowest BCUT2D eigenvalue weighted by molar-refractivity contribution is 0.518. The van der Waals surface area contributed by atoms with Crippen molar-refractivity contribution in [3.63, 3.8) is 0 Å². The summed E-state index contributed by atoms with van der Waals surface area (Å²) in [6.45, 7) is 0. The molecule has 4 radical (unpaired) electrons. The quantitative estimate of drug-likeness (QED) is 0.0934. The molecule has 6 aliphatic heterocycles. The van der Waals surface area contributed by atoms with Crippen molar-refractivity contribution < 1.29 is 55.9 Å². The van der Waals surface area contributed by atoms with Gasteiger partial charge in [-0.15, -0.1) is 0 Å². The van der Waals surface area contributed by atoms with Gasteiger partial charge in [-0.25, -0.2) is 0 Å². The molecule has 18 heteroatoms. The highest BCUT2D eigenvalue weighted by Crippen LogP contribution is 2.55. The van der Waals surface area contributed by atoms with Gasteiger partial charge in [0.05, 0.1) is 0 Å². The van der Waals surface area contributed by atoms with E-state index in [9.17, 15) is 0 Å². The van der Waals surface area contributed by atoms with E-state index in [4.69, 9.17) is 55.9 Å². The Kier molecular flexibility index (Phi) is 7.13. The van der Waals surface area contributed by atoms with E-state index in [0.717, 1.165) is 97.1 Å². The smallest absolute Gasteiger partial charge is 0.524 e. The summed E-state index contributed by atoms with van der Waals surface area (Å²) in [5, 5.41) is 31.3. The fourth-order valence-corrected chi connectivity index (χ4v) is 15.4. The lowest BCUT2D eigenvalue weighted by Crippen LogP contribution is -2.39. The Morgan fingerprint density at radius 3 is 0.607 bits per heavy atom. The van der Waals surface area contributed by atoms with Gasteiger partial charge in [0, 0.05) is 10.9 Å². The minimum absolute atomic E-state index is 0.652. The average molecular weight is 1070 g/mol. The van der Waals surface area contributed by atoms with Crippen LogP contribution in [0.25, 0.3) is 151 Å². The fraction of sp³-hybridized carbons (Fsp3) is 0. The van der Waals surface area contributed by atoms with E-state index in [1.54, 1.807) is 0 Å². The molecule has 17 aromatic carbocycles. The molecule has 6 aliphatic rings. The van der Waals surface area contributed by atoms with Gasteiger partial charge in [0.2, 0.25) is 0 Å². The Morgan fingerprint density at radius 2 is 0.393 bits per heavy atom. The Labute approximate surface area is 474 Å². The average Bonchev–Trinajstić information content (AvgIpc) is 0.825. The molecule has 84 heavy (non-hydrogen) atoms. The predicted octanol–water partition coefficient (Wildman–Crippen LogP) is 13.1. The maximum atomic E-state index is 6.85. The molecule has 6 heterocycles. The van der Waals surface area contributed by atoms with Crippen molar-refractivity contribution in [3.05, 3.63) is 146 Å². The van der Waals surface area contributed by atoms with E-state index in [2.05, 4.69) is 97.1 Å². The van der Waals surface area contributed by atoms with Gasteiger partial charge in [-0.3, -0.25) is 0 Å². The predicted molar refractivity (Wildman–Crippen MR) is 330 cm³/mol. The van der Waals surface area contributed by atoms with E-state index in [0.29, 0.717) is 69.0 Å². The topological polar surface area (TPSA) is 111 Å².